The van der Waals surface area contributed by atoms with E-state index in [4.69, 9.17) is 5.11 Å². The van der Waals surface area contributed by atoms with Crippen molar-refractivity contribution in [3.05, 3.63) is 71.8 Å². The first kappa shape index (κ1) is 16.6. The molecule has 0 unspecified atom stereocenters. The third-order valence-electron chi connectivity index (χ3n) is 3.73. The van der Waals surface area contributed by atoms with Crippen LogP contribution in [0.4, 0.5) is 5.69 Å². The molecule has 1 aliphatic heterocycles. The molecule has 0 saturated carbocycles. The van der Waals surface area contributed by atoms with Gasteiger partial charge < -0.3 is 10.2 Å². The van der Waals surface area contributed by atoms with Crippen LogP contribution in [0, 0.1) is 0 Å². The van der Waals surface area contributed by atoms with Gasteiger partial charge in [-0.05, 0) is 12.1 Å². The van der Waals surface area contributed by atoms with Crippen LogP contribution in [0.3, 0.4) is 0 Å². The summed E-state index contributed by atoms with van der Waals surface area (Å²) in [6.45, 7) is -0.307. The Morgan fingerprint density at radius 1 is 0.920 bits per heavy atom. The van der Waals surface area contributed by atoms with E-state index in [0.717, 1.165) is 4.90 Å². The fourth-order valence-corrected chi connectivity index (χ4v) is 2.59. The molecule has 1 aliphatic rings. The molecule has 2 aromatic rings. The van der Waals surface area contributed by atoms with E-state index in [9.17, 15) is 14.7 Å². The molecule has 126 valence electrons. The van der Waals surface area contributed by atoms with Crippen LogP contribution in [0.15, 0.2) is 71.2 Å². The number of benzene rings is 2. The lowest BCUT2D eigenvalue weighted by atomic mass is 10.1. The number of rotatable bonds is 4. The summed E-state index contributed by atoms with van der Waals surface area (Å²) in [7, 11) is 0. The molecule has 1 heterocycles. The highest BCUT2D eigenvalue weighted by molar-refractivity contribution is 6.66. The van der Waals surface area contributed by atoms with Crippen LogP contribution in [0.25, 0.3) is 5.76 Å². The fraction of sp³-hybridized carbons (Fsp3) is 0.105. The number of hydrogen-bond acceptors (Lipinski definition) is 5. The molecule has 0 atom stereocenters. The summed E-state index contributed by atoms with van der Waals surface area (Å²) in [4.78, 5) is 30.6. The molecule has 3 rings (SSSR count). The van der Waals surface area contributed by atoms with Crippen LogP contribution < -0.4 is 4.90 Å². The minimum atomic E-state index is -0.644. The number of hydrogen-bond donors (Lipinski definition) is 2. The molecule has 0 spiro atoms. The summed E-state index contributed by atoms with van der Waals surface area (Å²) < 4.78 is 0. The molecule has 0 bridgehead atoms. The van der Waals surface area contributed by atoms with Crippen molar-refractivity contribution in [3.8, 4) is 0 Å². The molecule has 1 fully saturated rings. The Balaban J connectivity index is 2.15. The van der Waals surface area contributed by atoms with E-state index in [1.54, 1.807) is 60.7 Å². The molecule has 1 saturated heterocycles. The third kappa shape index (κ3) is 3.07. The molecular formula is C19H16N2O4. The normalized spacial score (nSPS) is 18.1. The lowest BCUT2D eigenvalue weighted by Gasteiger charge is -2.12. The van der Waals surface area contributed by atoms with Crippen LogP contribution in [-0.2, 0) is 9.59 Å². The lowest BCUT2D eigenvalue weighted by Crippen LogP contribution is -2.30. The van der Waals surface area contributed by atoms with Crippen molar-refractivity contribution in [3.63, 3.8) is 0 Å². The van der Waals surface area contributed by atoms with Gasteiger partial charge in [0.05, 0.1) is 18.8 Å². The van der Waals surface area contributed by atoms with Crippen molar-refractivity contribution in [2.24, 2.45) is 4.99 Å². The number of amides is 2. The van der Waals surface area contributed by atoms with Gasteiger partial charge in [0, 0.05) is 5.56 Å². The first-order valence-corrected chi connectivity index (χ1v) is 7.73. The average molecular weight is 336 g/mol. The van der Waals surface area contributed by atoms with Crippen molar-refractivity contribution in [2.45, 2.75) is 0 Å². The highest BCUT2D eigenvalue weighted by Gasteiger charge is 2.43. The Morgan fingerprint density at radius 3 is 2.12 bits per heavy atom. The Morgan fingerprint density at radius 2 is 1.52 bits per heavy atom. The van der Waals surface area contributed by atoms with Gasteiger partial charge in [-0.15, -0.1) is 0 Å². The van der Waals surface area contributed by atoms with Gasteiger partial charge in [-0.1, -0.05) is 48.5 Å². The van der Waals surface area contributed by atoms with Crippen molar-refractivity contribution < 1.29 is 19.8 Å². The van der Waals surface area contributed by atoms with Crippen molar-refractivity contribution in [1.82, 2.24) is 0 Å². The predicted octanol–water partition coefficient (Wildman–Crippen LogP) is 1.96. The fourth-order valence-electron chi connectivity index (χ4n) is 2.59. The van der Waals surface area contributed by atoms with E-state index in [2.05, 4.69) is 4.99 Å². The van der Waals surface area contributed by atoms with Crippen molar-refractivity contribution in [1.29, 1.82) is 0 Å². The van der Waals surface area contributed by atoms with Gasteiger partial charge in [0.15, 0.2) is 0 Å². The van der Waals surface area contributed by atoms with Gasteiger partial charge in [-0.3, -0.25) is 14.6 Å². The van der Waals surface area contributed by atoms with Crippen LogP contribution >= 0.6 is 0 Å². The topological polar surface area (TPSA) is 90.2 Å². The highest BCUT2D eigenvalue weighted by atomic mass is 16.3. The smallest absolute Gasteiger partial charge is 0.284 e. The predicted molar refractivity (Wildman–Crippen MR) is 94.3 cm³/mol. The first-order valence-electron chi connectivity index (χ1n) is 7.73. The molecule has 0 aliphatic carbocycles. The minimum absolute atomic E-state index is 0.0391. The second kappa shape index (κ2) is 7.11. The third-order valence-corrected chi connectivity index (χ3v) is 3.73. The zero-order chi connectivity index (χ0) is 17.8. The zero-order valence-corrected chi connectivity index (χ0v) is 13.3. The number of anilines is 1. The van der Waals surface area contributed by atoms with E-state index >= 15 is 0 Å². The number of carbonyl (C=O) groups excluding carboxylic acids is 2. The van der Waals surface area contributed by atoms with E-state index in [1.807, 2.05) is 0 Å². The van der Waals surface area contributed by atoms with E-state index in [0.29, 0.717) is 11.3 Å². The minimum Gasteiger partial charge on any atom is -0.506 e. The number of imide groups is 1. The summed E-state index contributed by atoms with van der Waals surface area (Å²) in [5.41, 5.74) is 0.494. The monoisotopic (exact) mass is 336 g/mol. The maximum Gasteiger partial charge on any atom is 0.284 e. The van der Waals surface area contributed by atoms with Gasteiger partial charge in [0.1, 0.15) is 17.0 Å². The molecule has 2 aromatic carbocycles. The van der Waals surface area contributed by atoms with Gasteiger partial charge >= 0.3 is 0 Å². The lowest BCUT2D eigenvalue weighted by molar-refractivity contribution is -0.119. The first-order chi connectivity index (χ1) is 12.1. The molecule has 6 heteroatoms. The molecule has 6 nitrogen and oxygen atoms in total. The number of aliphatic hydroxyl groups excluding tert-OH is 2. The largest absolute Gasteiger partial charge is 0.506 e. The second-order valence-electron chi connectivity index (χ2n) is 5.32. The molecule has 0 radical (unpaired) electrons. The van der Waals surface area contributed by atoms with Crippen molar-refractivity contribution >= 4 is 29.0 Å². The van der Waals surface area contributed by atoms with Crippen LogP contribution in [0.5, 0.6) is 0 Å². The maximum atomic E-state index is 12.8. The summed E-state index contributed by atoms with van der Waals surface area (Å²) in [6, 6.07) is 16.9. The summed E-state index contributed by atoms with van der Waals surface area (Å²) in [5, 5.41) is 19.6. The molecule has 0 aromatic heterocycles. The SMILES string of the molecule is O=C1C(=NCCO)C(=C(O)c2ccccc2)C(=O)N1c1ccccc1. The van der Waals surface area contributed by atoms with Crippen LogP contribution in [0.1, 0.15) is 5.56 Å². The van der Waals surface area contributed by atoms with Crippen molar-refractivity contribution in [2.75, 3.05) is 18.1 Å². The zero-order valence-electron chi connectivity index (χ0n) is 13.3. The van der Waals surface area contributed by atoms with Gasteiger partial charge in [-0.2, -0.15) is 0 Å². The maximum absolute atomic E-state index is 12.8. The Labute approximate surface area is 144 Å². The molecule has 25 heavy (non-hydrogen) atoms. The summed E-state index contributed by atoms with van der Waals surface area (Å²) >= 11 is 0. The van der Waals surface area contributed by atoms with Crippen LogP contribution in [0.2, 0.25) is 0 Å². The summed E-state index contributed by atoms with van der Waals surface area (Å²) in [6.07, 6.45) is 0. The number of nitrogens with zero attached hydrogens (tertiary/aromatic N) is 2. The number of para-hydroxylation sites is 1. The Kier molecular flexibility index (Phi) is 4.72. The van der Waals surface area contributed by atoms with E-state index in [-0.39, 0.29) is 30.2 Å². The van der Waals surface area contributed by atoms with Crippen LogP contribution in [-0.4, -0.2) is 40.9 Å². The highest BCUT2D eigenvalue weighted by Crippen LogP contribution is 2.29. The number of aliphatic imine (C=N–C) groups is 1. The van der Waals surface area contributed by atoms with Gasteiger partial charge in [0.25, 0.3) is 11.8 Å². The van der Waals surface area contributed by atoms with Gasteiger partial charge in [0.2, 0.25) is 0 Å². The molecular weight excluding hydrogens is 320 g/mol. The molecule has 2 amide bonds. The summed E-state index contributed by atoms with van der Waals surface area (Å²) in [5.74, 6) is -1.58. The quantitative estimate of drug-likeness (QED) is 0.507. The average Bonchev–Trinajstić information content (AvgIpc) is 2.90. The molecule has 2 N–H and O–H groups in total. The second-order valence-corrected chi connectivity index (χ2v) is 5.32. The van der Waals surface area contributed by atoms with Gasteiger partial charge in [-0.25, -0.2) is 4.90 Å². The number of carbonyl (C=O) groups is 2. The number of aliphatic hydroxyl groups is 2. The standard InChI is InChI=1S/C19H16N2O4/c22-12-11-20-16-15(17(23)13-7-3-1-4-8-13)18(24)21(19(16)25)14-9-5-2-6-10-14/h1-10,22-23H,11-12H2. The van der Waals surface area contributed by atoms with E-state index < -0.39 is 11.8 Å². The van der Waals surface area contributed by atoms with E-state index in [1.165, 1.54) is 0 Å². The Hall–Kier alpha value is -3.25. The Bertz CT molecular complexity index is 858.